The molecular formula is C27H36FN5O4S. The number of anilines is 2. The molecule has 206 valence electrons. The summed E-state index contributed by atoms with van der Waals surface area (Å²) in [5.41, 5.74) is 0.0740. The first-order chi connectivity index (χ1) is 17.9. The van der Waals surface area contributed by atoms with E-state index in [-0.39, 0.29) is 28.9 Å². The molecule has 3 aliphatic rings. The van der Waals surface area contributed by atoms with Crippen molar-refractivity contribution in [1.29, 1.82) is 0 Å². The quantitative estimate of drug-likeness (QED) is 0.591. The number of nitrogens with zero attached hydrogens (tertiary/aromatic N) is 5. The normalized spacial score (nSPS) is 26.3. The van der Waals surface area contributed by atoms with Gasteiger partial charge in [0, 0.05) is 50.2 Å². The fourth-order valence-corrected chi connectivity index (χ4v) is 6.30. The summed E-state index contributed by atoms with van der Waals surface area (Å²) in [6.45, 7) is 5.38. The first-order valence-corrected chi connectivity index (χ1v) is 15.2. The molecule has 3 fully saturated rings. The van der Waals surface area contributed by atoms with Crippen molar-refractivity contribution in [1.82, 2.24) is 14.9 Å². The number of benzene rings is 1. The average molecular weight is 546 g/mol. The Labute approximate surface area is 223 Å². The molecule has 1 aliphatic heterocycles. The van der Waals surface area contributed by atoms with Gasteiger partial charge in [0.15, 0.2) is 9.84 Å². The predicted octanol–water partition coefficient (Wildman–Crippen LogP) is 3.03. The summed E-state index contributed by atoms with van der Waals surface area (Å²) in [5, 5.41) is 10.4. The van der Waals surface area contributed by atoms with Crippen molar-refractivity contribution in [3.8, 4) is 0 Å². The van der Waals surface area contributed by atoms with Crippen LogP contribution < -0.4 is 9.80 Å². The number of amides is 1. The van der Waals surface area contributed by atoms with Gasteiger partial charge in [-0.3, -0.25) is 4.79 Å². The number of rotatable bonds is 6. The topological polar surface area (TPSA) is 107 Å². The highest BCUT2D eigenvalue weighted by molar-refractivity contribution is 7.90. The zero-order valence-electron chi connectivity index (χ0n) is 22.2. The standard InChI is InChI=1S/C27H36FN5O4S/c1-18-17-31(24-7-6-21(16-22(24)28)38(3,36)37)14-15-32(18)26-29-13-10-23(30-26)25(34)33(19-4-5-19)20-8-11-27(2,35)12-9-20/h6-7,10,13,16,18-20,35H,4-5,8-9,11-12,14-15,17H2,1-3H3/t18-,20?,27?/m1/s1. The van der Waals surface area contributed by atoms with Crippen molar-refractivity contribution in [2.75, 3.05) is 35.7 Å². The molecule has 9 nitrogen and oxygen atoms in total. The van der Waals surface area contributed by atoms with Crippen molar-refractivity contribution in [2.45, 2.75) is 81.0 Å². The number of aromatic nitrogens is 2. The minimum Gasteiger partial charge on any atom is -0.390 e. The molecule has 1 aromatic heterocycles. The summed E-state index contributed by atoms with van der Waals surface area (Å²) in [6.07, 6.45) is 7.61. The molecule has 1 atom stereocenters. The Balaban J connectivity index is 1.29. The van der Waals surface area contributed by atoms with E-state index < -0.39 is 21.3 Å². The molecule has 0 radical (unpaired) electrons. The lowest BCUT2D eigenvalue weighted by Crippen LogP contribution is -2.53. The molecule has 1 amide bonds. The third kappa shape index (κ3) is 5.63. The van der Waals surface area contributed by atoms with Crippen molar-refractivity contribution in [3.05, 3.63) is 42.0 Å². The molecule has 0 spiro atoms. The molecular weight excluding hydrogens is 509 g/mol. The molecule has 0 bridgehead atoms. The van der Waals surface area contributed by atoms with Gasteiger partial charge in [-0.2, -0.15) is 0 Å². The number of hydrogen-bond donors (Lipinski definition) is 1. The van der Waals surface area contributed by atoms with Crippen molar-refractivity contribution in [3.63, 3.8) is 0 Å². The van der Waals surface area contributed by atoms with E-state index in [4.69, 9.17) is 0 Å². The van der Waals surface area contributed by atoms with Crippen LogP contribution in [-0.4, -0.2) is 83.9 Å². The van der Waals surface area contributed by atoms with Gasteiger partial charge in [-0.15, -0.1) is 0 Å². The summed E-state index contributed by atoms with van der Waals surface area (Å²) in [5.74, 6) is -0.179. The van der Waals surface area contributed by atoms with E-state index in [2.05, 4.69) is 9.97 Å². The molecule has 11 heteroatoms. The van der Waals surface area contributed by atoms with Crippen LogP contribution in [-0.2, 0) is 9.84 Å². The van der Waals surface area contributed by atoms with Crippen molar-refractivity contribution in [2.24, 2.45) is 0 Å². The summed E-state index contributed by atoms with van der Waals surface area (Å²) in [7, 11) is -3.49. The number of aliphatic hydroxyl groups is 1. The first-order valence-electron chi connectivity index (χ1n) is 13.3. The molecule has 2 aromatic rings. The lowest BCUT2D eigenvalue weighted by molar-refractivity contribution is -0.00507. The molecule has 2 heterocycles. The second-order valence-corrected chi connectivity index (χ2v) is 13.3. The lowest BCUT2D eigenvalue weighted by Gasteiger charge is -2.41. The van der Waals surface area contributed by atoms with Crippen molar-refractivity contribution < 1.29 is 22.7 Å². The van der Waals surface area contributed by atoms with Crippen LogP contribution in [0, 0.1) is 5.82 Å². The van der Waals surface area contributed by atoms with Gasteiger partial charge in [0.25, 0.3) is 5.91 Å². The van der Waals surface area contributed by atoms with Gasteiger partial charge in [0.2, 0.25) is 5.95 Å². The molecule has 1 N–H and O–H groups in total. The Morgan fingerprint density at radius 3 is 2.42 bits per heavy atom. The van der Waals surface area contributed by atoms with Crippen LogP contribution in [0.1, 0.15) is 62.9 Å². The van der Waals surface area contributed by atoms with Gasteiger partial charge in [0.05, 0.1) is 16.2 Å². The van der Waals surface area contributed by atoms with Crippen LogP contribution in [0.25, 0.3) is 0 Å². The number of halogens is 1. The van der Waals surface area contributed by atoms with Gasteiger partial charge in [0.1, 0.15) is 11.5 Å². The van der Waals surface area contributed by atoms with Crippen LogP contribution in [0.15, 0.2) is 35.4 Å². The van der Waals surface area contributed by atoms with E-state index in [1.807, 2.05) is 28.5 Å². The summed E-state index contributed by atoms with van der Waals surface area (Å²) < 4.78 is 38.3. The SMILES string of the molecule is C[C@@H]1CN(c2ccc(S(C)(=O)=O)cc2F)CCN1c1nccc(C(=O)N(C2CC2)C2CCC(C)(O)CC2)n1. The maximum absolute atomic E-state index is 14.8. The van der Waals surface area contributed by atoms with E-state index in [9.17, 15) is 22.7 Å². The Bertz CT molecular complexity index is 1310. The lowest BCUT2D eigenvalue weighted by atomic mass is 9.83. The third-order valence-electron chi connectivity index (χ3n) is 8.03. The Morgan fingerprint density at radius 2 is 1.82 bits per heavy atom. The smallest absolute Gasteiger partial charge is 0.273 e. The fraction of sp³-hybridized carbons (Fsp3) is 0.593. The van der Waals surface area contributed by atoms with Crippen LogP contribution in [0.3, 0.4) is 0 Å². The number of hydrogen-bond acceptors (Lipinski definition) is 8. The minimum atomic E-state index is -3.49. The monoisotopic (exact) mass is 545 g/mol. The van der Waals surface area contributed by atoms with E-state index >= 15 is 0 Å². The van der Waals surface area contributed by atoms with E-state index in [1.54, 1.807) is 12.3 Å². The van der Waals surface area contributed by atoms with Gasteiger partial charge in [-0.25, -0.2) is 22.8 Å². The highest BCUT2D eigenvalue weighted by atomic mass is 32.2. The second kappa shape index (κ2) is 10.1. The molecule has 38 heavy (non-hydrogen) atoms. The maximum Gasteiger partial charge on any atom is 0.273 e. The molecule has 2 saturated carbocycles. The van der Waals surface area contributed by atoms with Gasteiger partial charge in [-0.1, -0.05) is 0 Å². The Hall–Kier alpha value is -2.79. The fourth-order valence-electron chi connectivity index (χ4n) is 5.67. The summed E-state index contributed by atoms with van der Waals surface area (Å²) in [4.78, 5) is 28.6. The number of carbonyl (C=O) groups is 1. The Kier molecular flexibility index (Phi) is 7.10. The van der Waals surface area contributed by atoms with Gasteiger partial charge < -0.3 is 19.8 Å². The van der Waals surface area contributed by atoms with Gasteiger partial charge >= 0.3 is 0 Å². The molecule has 1 saturated heterocycles. The zero-order valence-corrected chi connectivity index (χ0v) is 23.0. The number of piperazine rings is 1. The van der Waals surface area contributed by atoms with Crippen molar-refractivity contribution >= 4 is 27.4 Å². The second-order valence-electron chi connectivity index (χ2n) is 11.3. The molecule has 0 unspecified atom stereocenters. The third-order valence-corrected chi connectivity index (χ3v) is 9.15. The molecule has 1 aromatic carbocycles. The minimum absolute atomic E-state index is 0.0424. The van der Waals surface area contributed by atoms with Crippen LogP contribution >= 0.6 is 0 Å². The number of sulfone groups is 1. The van der Waals surface area contributed by atoms with Crippen LogP contribution in [0.4, 0.5) is 16.0 Å². The van der Waals surface area contributed by atoms with E-state index in [0.29, 0.717) is 49.8 Å². The van der Waals surface area contributed by atoms with Gasteiger partial charge in [-0.05, 0) is 76.6 Å². The van der Waals surface area contributed by atoms with Crippen LogP contribution in [0.2, 0.25) is 0 Å². The largest absolute Gasteiger partial charge is 0.390 e. The molecule has 2 aliphatic carbocycles. The number of carbonyl (C=O) groups excluding carboxylic acids is 1. The first kappa shape index (κ1) is 26.8. The highest BCUT2D eigenvalue weighted by Gasteiger charge is 2.41. The van der Waals surface area contributed by atoms with E-state index in [1.165, 1.54) is 12.1 Å². The maximum atomic E-state index is 14.8. The predicted molar refractivity (Wildman–Crippen MR) is 143 cm³/mol. The van der Waals surface area contributed by atoms with Crippen LogP contribution in [0.5, 0.6) is 0 Å². The Morgan fingerprint density at radius 1 is 1.13 bits per heavy atom. The highest BCUT2D eigenvalue weighted by Crippen LogP contribution is 2.37. The summed E-state index contributed by atoms with van der Waals surface area (Å²) >= 11 is 0. The zero-order chi connectivity index (χ0) is 27.2. The average Bonchev–Trinajstić information content (AvgIpc) is 3.70. The van der Waals surface area contributed by atoms with E-state index in [0.717, 1.165) is 38.0 Å². The molecule has 5 rings (SSSR count). The summed E-state index contributed by atoms with van der Waals surface area (Å²) in [6, 6.07) is 5.96.